The van der Waals surface area contributed by atoms with Gasteiger partial charge < -0.3 is 33.6 Å². The maximum absolute atomic E-state index is 6.10. The lowest BCUT2D eigenvalue weighted by Gasteiger charge is -2.21. The van der Waals surface area contributed by atoms with Gasteiger partial charge in [0.2, 0.25) is 0 Å². The molecule has 1 aliphatic rings. The van der Waals surface area contributed by atoms with Crippen molar-refractivity contribution in [2.45, 2.75) is 12.5 Å². The van der Waals surface area contributed by atoms with E-state index in [0.29, 0.717) is 17.1 Å². The zero-order valence-electron chi connectivity index (χ0n) is 13.3. The first-order valence-corrected chi connectivity index (χ1v) is 7.73. The summed E-state index contributed by atoms with van der Waals surface area (Å²) in [7, 11) is 0. The number of benzene rings is 2. The van der Waals surface area contributed by atoms with Crippen LogP contribution in [0.15, 0.2) is 60.3 Å². The topological polar surface area (TPSA) is 128 Å². The zero-order valence-corrected chi connectivity index (χ0v) is 13.3. The van der Waals surface area contributed by atoms with E-state index in [1.807, 2.05) is 48.6 Å². The standard InChI is InChI=1S/C18H22N6/c19-11-1-5-13(6-2-11)23-17-10-18(16(22)9-15(17)21)24-14-7-3-12(20)4-8-14/h1-7,9-10,14,23-24H,8,19-22H2. The van der Waals surface area contributed by atoms with Crippen LogP contribution in [0.1, 0.15) is 6.42 Å². The van der Waals surface area contributed by atoms with E-state index in [1.165, 1.54) is 0 Å². The van der Waals surface area contributed by atoms with Crippen LogP contribution in [0.2, 0.25) is 0 Å². The Kier molecular flexibility index (Phi) is 4.20. The van der Waals surface area contributed by atoms with Crippen molar-refractivity contribution in [1.82, 2.24) is 0 Å². The molecule has 24 heavy (non-hydrogen) atoms. The van der Waals surface area contributed by atoms with Gasteiger partial charge in [-0.15, -0.1) is 0 Å². The quantitative estimate of drug-likeness (QED) is 0.480. The molecule has 1 unspecified atom stereocenters. The van der Waals surface area contributed by atoms with Crippen molar-refractivity contribution in [2.24, 2.45) is 5.73 Å². The van der Waals surface area contributed by atoms with Gasteiger partial charge in [-0.3, -0.25) is 0 Å². The van der Waals surface area contributed by atoms with Crippen LogP contribution < -0.4 is 33.6 Å². The molecule has 0 saturated carbocycles. The highest BCUT2D eigenvalue weighted by Crippen LogP contribution is 2.32. The highest BCUT2D eigenvalue weighted by Gasteiger charge is 2.11. The normalized spacial score (nSPS) is 16.5. The Labute approximate surface area is 141 Å². The van der Waals surface area contributed by atoms with Gasteiger partial charge in [0, 0.05) is 23.1 Å². The molecule has 6 nitrogen and oxygen atoms in total. The van der Waals surface area contributed by atoms with E-state index in [9.17, 15) is 0 Å². The molecule has 2 aromatic rings. The van der Waals surface area contributed by atoms with E-state index < -0.39 is 0 Å². The van der Waals surface area contributed by atoms with Crippen LogP contribution in [0.3, 0.4) is 0 Å². The van der Waals surface area contributed by atoms with Gasteiger partial charge in [-0.1, -0.05) is 12.2 Å². The number of anilines is 6. The Morgan fingerprint density at radius 1 is 0.875 bits per heavy atom. The van der Waals surface area contributed by atoms with Crippen molar-refractivity contribution in [2.75, 3.05) is 27.8 Å². The molecule has 0 spiro atoms. The van der Waals surface area contributed by atoms with Gasteiger partial charge in [-0.05, 0) is 48.9 Å². The number of nitrogens with two attached hydrogens (primary N) is 4. The molecule has 0 radical (unpaired) electrons. The van der Waals surface area contributed by atoms with E-state index in [1.54, 1.807) is 6.07 Å². The first kappa shape index (κ1) is 15.6. The van der Waals surface area contributed by atoms with Gasteiger partial charge in [0.15, 0.2) is 0 Å². The Balaban J connectivity index is 1.80. The number of nitrogens with one attached hydrogen (secondary N) is 2. The lowest BCUT2D eigenvalue weighted by atomic mass is 10.1. The SMILES string of the molecule is NC1=CCC(Nc2cc(Nc3ccc(N)cc3)c(N)cc2N)C=C1. The minimum absolute atomic E-state index is 0.146. The fourth-order valence-electron chi connectivity index (χ4n) is 2.53. The largest absolute Gasteiger partial charge is 0.399 e. The number of hydrogen-bond donors (Lipinski definition) is 6. The number of allylic oxidation sites excluding steroid dienone is 1. The fourth-order valence-corrected chi connectivity index (χ4v) is 2.53. The van der Waals surface area contributed by atoms with Crippen LogP contribution in [-0.4, -0.2) is 6.04 Å². The fraction of sp³-hybridized carbons (Fsp3) is 0.111. The van der Waals surface area contributed by atoms with Gasteiger partial charge in [-0.2, -0.15) is 0 Å². The third-order valence-corrected chi connectivity index (χ3v) is 3.88. The highest BCUT2D eigenvalue weighted by atomic mass is 15.0. The van der Waals surface area contributed by atoms with Crippen molar-refractivity contribution in [1.29, 1.82) is 0 Å². The molecule has 1 atom stereocenters. The Morgan fingerprint density at radius 2 is 1.58 bits per heavy atom. The zero-order chi connectivity index (χ0) is 17.1. The van der Waals surface area contributed by atoms with Gasteiger partial charge in [0.05, 0.1) is 22.7 Å². The molecule has 2 aromatic carbocycles. The number of hydrogen-bond acceptors (Lipinski definition) is 6. The van der Waals surface area contributed by atoms with Crippen molar-refractivity contribution in [3.63, 3.8) is 0 Å². The van der Waals surface area contributed by atoms with Gasteiger partial charge in [-0.25, -0.2) is 0 Å². The van der Waals surface area contributed by atoms with Gasteiger partial charge in [0.1, 0.15) is 0 Å². The number of nitrogen functional groups attached to an aromatic ring is 3. The first-order valence-electron chi connectivity index (χ1n) is 7.73. The second-order valence-electron chi connectivity index (χ2n) is 5.82. The molecule has 0 bridgehead atoms. The molecule has 0 aliphatic heterocycles. The van der Waals surface area contributed by atoms with Crippen molar-refractivity contribution < 1.29 is 0 Å². The Bertz CT molecular complexity index is 792. The van der Waals surface area contributed by atoms with Crippen molar-refractivity contribution >= 4 is 34.1 Å². The molecular weight excluding hydrogens is 300 g/mol. The third-order valence-electron chi connectivity index (χ3n) is 3.88. The summed E-state index contributed by atoms with van der Waals surface area (Å²) in [4.78, 5) is 0. The smallest absolute Gasteiger partial charge is 0.0640 e. The van der Waals surface area contributed by atoms with Crippen LogP contribution in [0.5, 0.6) is 0 Å². The van der Waals surface area contributed by atoms with Crippen LogP contribution in [0, 0.1) is 0 Å². The molecule has 1 aliphatic carbocycles. The monoisotopic (exact) mass is 322 g/mol. The average Bonchev–Trinajstić information content (AvgIpc) is 2.56. The Morgan fingerprint density at radius 3 is 2.25 bits per heavy atom. The summed E-state index contributed by atoms with van der Waals surface area (Å²) >= 11 is 0. The summed E-state index contributed by atoms with van der Waals surface area (Å²) in [5, 5.41) is 6.69. The second kappa shape index (κ2) is 6.45. The predicted molar refractivity (Wildman–Crippen MR) is 103 cm³/mol. The summed E-state index contributed by atoms with van der Waals surface area (Å²) in [5.74, 6) is 0. The minimum Gasteiger partial charge on any atom is -0.399 e. The maximum atomic E-state index is 6.10. The summed E-state index contributed by atoms with van der Waals surface area (Å²) in [6, 6.07) is 11.3. The minimum atomic E-state index is 0.146. The van der Waals surface area contributed by atoms with Crippen LogP contribution in [0.25, 0.3) is 0 Å². The van der Waals surface area contributed by atoms with E-state index >= 15 is 0 Å². The Hall–Kier alpha value is -3.28. The first-order chi connectivity index (χ1) is 11.5. The molecule has 10 N–H and O–H groups in total. The van der Waals surface area contributed by atoms with Gasteiger partial charge >= 0.3 is 0 Å². The lowest BCUT2D eigenvalue weighted by molar-refractivity contribution is 0.872. The van der Waals surface area contributed by atoms with Gasteiger partial charge in [0.25, 0.3) is 0 Å². The lowest BCUT2D eigenvalue weighted by Crippen LogP contribution is -2.20. The second-order valence-corrected chi connectivity index (χ2v) is 5.82. The third kappa shape index (κ3) is 3.55. The summed E-state index contributed by atoms with van der Waals surface area (Å²) < 4.78 is 0. The molecular formula is C18H22N6. The van der Waals surface area contributed by atoms with E-state index in [2.05, 4.69) is 10.6 Å². The van der Waals surface area contributed by atoms with E-state index in [0.717, 1.165) is 29.2 Å². The van der Waals surface area contributed by atoms with Crippen LogP contribution in [-0.2, 0) is 0 Å². The van der Waals surface area contributed by atoms with Crippen molar-refractivity contribution in [3.05, 3.63) is 60.3 Å². The van der Waals surface area contributed by atoms with Crippen molar-refractivity contribution in [3.8, 4) is 0 Å². The molecule has 0 heterocycles. The molecule has 0 fully saturated rings. The number of rotatable bonds is 4. The van der Waals surface area contributed by atoms with Crippen LogP contribution in [0.4, 0.5) is 34.1 Å². The van der Waals surface area contributed by atoms with E-state index in [-0.39, 0.29) is 6.04 Å². The molecule has 6 heteroatoms. The summed E-state index contributed by atoms with van der Waals surface area (Å²) in [5.41, 5.74) is 28.8. The maximum Gasteiger partial charge on any atom is 0.0640 e. The molecule has 0 aromatic heterocycles. The average molecular weight is 322 g/mol. The summed E-state index contributed by atoms with van der Waals surface area (Å²) in [6.07, 6.45) is 6.71. The molecule has 124 valence electrons. The predicted octanol–water partition coefficient (Wildman–Crippen LogP) is 2.76. The molecule has 3 rings (SSSR count). The molecule has 0 saturated heterocycles. The molecule has 0 amide bonds. The highest BCUT2D eigenvalue weighted by molar-refractivity contribution is 5.84. The van der Waals surface area contributed by atoms with E-state index in [4.69, 9.17) is 22.9 Å². The summed E-state index contributed by atoms with van der Waals surface area (Å²) in [6.45, 7) is 0. The van der Waals surface area contributed by atoms with Crippen LogP contribution >= 0.6 is 0 Å².